The molecule has 1 heterocycles. The van der Waals surface area contributed by atoms with Crippen LogP contribution in [0.2, 0.25) is 0 Å². The lowest BCUT2D eigenvalue weighted by molar-refractivity contribution is 0.127. The van der Waals surface area contributed by atoms with Gasteiger partial charge in [-0.05, 0) is 40.2 Å². The van der Waals surface area contributed by atoms with Crippen LogP contribution >= 0.6 is 0 Å². The Balaban J connectivity index is 2.41. The average molecular weight is 184 g/mol. The van der Waals surface area contributed by atoms with Crippen LogP contribution in [-0.4, -0.2) is 36.1 Å². The smallest absolute Gasteiger partial charge is 0.0223 e. The summed E-state index contributed by atoms with van der Waals surface area (Å²) in [6.07, 6.45) is 2.69. The normalized spacial score (nSPS) is 30.0. The lowest BCUT2D eigenvalue weighted by Crippen LogP contribution is -2.51. The number of nitrogens with one attached hydrogen (secondary N) is 1. The quantitative estimate of drug-likeness (QED) is 0.720. The van der Waals surface area contributed by atoms with Gasteiger partial charge in [0.2, 0.25) is 0 Å². The summed E-state index contributed by atoms with van der Waals surface area (Å²) in [5.41, 5.74) is 0. The largest absolute Gasteiger partial charge is 0.313 e. The summed E-state index contributed by atoms with van der Waals surface area (Å²) >= 11 is 0. The van der Waals surface area contributed by atoms with Gasteiger partial charge in [-0.2, -0.15) is 0 Å². The molecule has 13 heavy (non-hydrogen) atoms. The Morgan fingerprint density at radius 1 is 1.38 bits per heavy atom. The summed E-state index contributed by atoms with van der Waals surface area (Å²) in [6.45, 7) is 11.5. The lowest BCUT2D eigenvalue weighted by Gasteiger charge is -2.38. The minimum atomic E-state index is 0.685. The van der Waals surface area contributed by atoms with Gasteiger partial charge in [0.25, 0.3) is 0 Å². The van der Waals surface area contributed by atoms with Crippen LogP contribution in [0.5, 0.6) is 0 Å². The maximum Gasteiger partial charge on any atom is 0.0223 e. The van der Waals surface area contributed by atoms with E-state index < -0.39 is 0 Å². The molecule has 0 saturated carbocycles. The van der Waals surface area contributed by atoms with E-state index in [2.05, 4.69) is 37.9 Å². The van der Waals surface area contributed by atoms with Crippen LogP contribution < -0.4 is 5.32 Å². The second kappa shape index (κ2) is 4.97. The zero-order valence-corrected chi connectivity index (χ0v) is 9.51. The molecule has 0 spiro atoms. The number of hydrogen-bond donors (Lipinski definition) is 1. The van der Waals surface area contributed by atoms with E-state index in [9.17, 15) is 0 Å². The van der Waals surface area contributed by atoms with E-state index in [1.165, 1.54) is 25.9 Å². The lowest BCUT2D eigenvalue weighted by atomic mass is 9.99. The van der Waals surface area contributed by atoms with Gasteiger partial charge >= 0.3 is 0 Å². The third kappa shape index (κ3) is 2.96. The molecule has 78 valence electrons. The SMILES string of the molecule is CCN(C(C)C)C1CCC(C)NC1. The van der Waals surface area contributed by atoms with Gasteiger partial charge in [-0.25, -0.2) is 0 Å². The van der Waals surface area contributed by atoms with Crippen molar-refractivity contribution >= 4 is 0 Å². The molecule has 0 radical (unpaired) electrons. The molecule has 2 heteroatoms. The Morgan fingerprint density at radius 3 is 2.46 bits per heavy atom. The molecule has 0 aliphatic carbocycles. The second-order valence-electron chi connectivity index (χ2n) is 4.46. The van der Waals surface area contributed by atoms with Crippen molar-refractivity contribution in [2.75, 3.05) is 13.1 Å². The van der Waals surface area contributed by atoms with Crippen molar-refractivity contribution in [1.29, 1.82) is 0 Å². The van der Waals surface area contributed by atoms with E-state index in [1.54, 1.807) is 0 Å². The Morgan fingerprint density at radius 2 is 2.08 bits per heavy atom. The molecule has 2 atom stereocenters. The van der Waals surface area contributed by atoms with Crippen molar-refractivity contribution in [2.45, 2.75) is 58.7 Å². The van der Waals surface area contributed by atoms with E-state index in [4.69, 9.17) is 0 Å². The second-order valence-corrected chi connectivity index (χ2v) is 4.46. The minimum Gasteiger partial charge on any atom is -0.313 e. The van der Waals surface area contributed by atoms with Gasteiger partial charge in [-0.1, -0.05) is 6.92 Å². The third-order valence-corrected chi connectivity index (χ3v) is 3.13. The van der Waals surface area contributed by atoms with Crippen molar-refractivity contribution in [1.82, 2.24) is 10.2 Å². The Hall–Kier alpha value is -0.0800. The van der Waals surface area contributed by atoms with Gasteiger partial charge in [-0.3, -0.25) is 4.90 Å². The number of piperidine rings is 1. The Bertz CT molecular complexity index is 137. The van der Waals surface area contributed by atoms with Gasteiger partial charge in [-0.15, -0.1) is 0 Å². The summed E-state index contributed by atoms with van der Waals surface area (Å²) in [5, 5.41) is 3.56. The monoisotopic (exact) mass is 184 g/mol. The van der Waals surface area contributed by atoms with E-state index in [1.807, 2.05) is 0 Å². The predicted octanol–water partition coefficient (Wildman–Crippen LogP) is 1.86. The predicted molar refractivity (Wildman–Crippen MR) is 58.0 cm³/mol. The van der Waals surface area contributed by atoms with Gasteiger partial charge in [0, 0.05) is 24.7 Å². The molecular formula is C11H24N2. The molecule has 0 aromatic rings. The first kappa shape index (κ1) is 11.0. The van der Waals surface area contributed by atoms with Crippen molar-refractivity contribution in [3.8, 4) is 0 Å². The summed E-state index contributed by atoms with van der Waals surface area (Å²) in [5.74, 6) is 0. The van der Waals surface area contributed by atoms with Crippen LogP contribution in [-0.2, 0) is 0 Å². The zero-order chi connectivity index (χ0) is 9.84. The standard InChI is InChI=1S/C11H24N2/c1-5-13(9(2)3)11-7-6-10(4)12-8-11/h9-12H,5-8H2,1-4H3. The molecule has 2 nitrogen and oxygen atoms in total. The highest BCUT2D eigenvalue weighted by Gasteiger charge is 2.23. The molecule has 1 fully saturated rings. The van der Waals surface area contributed by atoms with Gasteiger partial charge in [0.15, 0.2) is 0 Å². The molecule has 0 aromatic heterocycles. The number of likely N-dealkylation sites (N-methyl/N-ethyl adjacent to an activating group) is 1. The van der Waals surface area contributed by atoms with Crippen LogP contribution in [0, 0.1) is 0 Å². The highest BCUT2D eigenvalue weighted by atomic mass is 15.2. The van der Waals surface area contributed by atoms with Crippen molar-refractivity contribution in [3.63, 3.8) is 0 Å². The molecular weight excluding hydrogens is 160 g/mol. The maximum absolute atomic E-state index is 3.56. The van der Waals surface area contributed by atoms with Crippen molar-refractivity contribution in [3.05, 3.63) is 0 Å². The van der Waals surface area contributed by atoms with Crippen LogP contribution in [0.4, 0.5) is 0 Å². The Labute approximate surface area is 82.7 Å². The number of nitrogens with zero attached hydrogens (tertiary/aromatic N) is 1. The maximum atomic E-state index is 3.56. The topological polar surface area (TPSA) is 15.3 Å². The fourth-order valence-corrected chi connectivity index (χ4v) is 2.31. The van der Waals surface area contributed by atoms with E-state index >= 15 is 0 Å². The van der Waals surface area contributed by atoms with Gasteiger partial charge in [0.1, 0.15) is 0 Å². The molecule has 0 amide bonds. The van der Waals surface area contributed by atoms with E-state index in [-0.39, 0.29) is 0 Å². The fraction of sp³-hybridized carbons (Fsp3) is 1.00. The summed E-state index contributed by atoms with van der Waals surface area (Å²) in [4.78, 5) is 2.60. The van der Waals surface area contributed by atoms with Crippen LogP contribution in [0.1, 0.15) is 40.5 Å². The minimum absolute atomic E-state index is 0.685. The highest BCUT2D eigenvalue weighted by Crippen LogP contribution is 2.15. The van der Waals surface area contributed by atoms with E-state index in [0.717, 1.165) is 12.1 Å². The average Bonchev–Trinajstić information content (AvgIpc) is 2.09. The van der Waals surface area contributed by atoms with Gasteiger partial charge < -0.3 is 5.32 Å². The molecule has 1 aliphatic rings. The number of hydrogen-bond acceptors (Lipinski definition) is 2. The Kier molecular flexibility index (Phi) is 4.20. The number of rotatable bonds is 3. The van der Waals surface area contributed by atoms with E-state index in [0.29, 0.717) is 6.04 Å². The first-order valence-corrected chi connectivity index (χ1v) is 5.64. The fourth-order valence-electron chi connectivity index (χ4n) is 2.31. The summed E-state index contributed by atoms with van der Waals surface area (Å²) in [7, 11) is 0. The summed E-state index contributed by atoms with van der Waals surface area (Å²) in [6, 6.07) is 2.17. The van der Waals surface area contributed by atoms with Crippen LogP contribution in [0.25, 0.3) is 0 Å². The molecule has 1 aliphatic heterocycles. The molecule has 2 unspecified atom stereocenters. The molecule has 0 bridgehead atoms. The molecule has 1 N–H and O–H groups in total. The van der Waals surface area contributed by atoms with Crippen molar-refractivity contribution in [2.24, 2.45) is 0 Å². The van der Waals surface area contributed by atoms with Crippen LogP contribution in [0.15, 0.2) is 0 Å². The first-order valence-electron chi connectivity index (χ1n) is 5.64. The molecule has 1 rings (SSSR count). The van der Waals surface area contributed by atoms with Crippen LogP contribution in [0.3, 0.4) is 0 Å². The van der Waals surface area contributed by atoms with Gasteiger partial charge in [0.05, 0.1) is 0 Å². The summed E-state index contributed by atoms with van der Waals surface area (Å²) < 4.78 is 0. The van der Waals surface area contributed by atoms with Crippen molar-refractivity contribution < 1.29 is 0 Å². The highest BCUT2D eigenvalue weighted by molar-refractivity contribution is 4.82. The molecule has 0 aromatic carbocycles. The molecule has 1 saturated heterocycles. The third-order valence-electron chi connectivity index (χ3n) is 3.13. The first-order chi connectivity index (χ1) is 6.15. The zero-order valence-electron chi connectivity index (χ0n) is 9.51.